The van der Waals surface area contributed by atoms with Crippen LogP contribution in [0.5, 0.6) is 0 Å². The van der Waals surface area contributed by atoms with Crippen LogP contribution < -0.4 is 5.32 Å². The lowest BCUT2D eigenvalue weighted by Crippen LogP contribution is -2.25. The molecule has 0 saturated carbocycles. The van der Waals surface area contributed by atoms with Crippen LogP contribution >= 0.6 is 0 Å². The third-order valence-corrected chi connectivity index (χ3v) is 4.69. The molecule has 1 N–H and O–H groups in total. The maximum Gasteiger partial charge on any atom is 0.0706 e. The van der Waals surface area contributed by atoms with Crippen molar-refractivity contribution in [3.63, 3.8) is 0 Å². The van der Waals surface area contributed by atoms with Crippen molar-refractivity contribution in [2.45, 2.75) is 20.0 Å². The maximum atomic E-state index is 4.64. The van der Waals surface area contributed by atoms with E-state index in [0.717, 1.165) is 37.6 Å². The second-order valence-electron chi connectivity index (χ2n) is 6.72. The summed E-state index contributed by atoms with van der Waals surface area (Å²) in [4.78, 5) is 7.15. The van der Waals surface area contributed by atoms with Crippen molar-refractivity contribution < 1.29 is 0 Å². The highest BCUT2D eigenvalue weighted by molar-refractivity contribution is 5.64. The molecule has 0 amide bonds. The summed E-state index contributed by atoms with van der Waals surface area (Å²) in [6, 6.07) is 21.4. The Hall–Kier alpha value is -2.65. The van der Waals surface area contributed by atoms with E-state index >= 15 is 0 Å². The molecule has 1 aliphatic rings. The molecule has 0 radical (unpaired) electrons. The number of aryl methyl sites for hydroxylation is 1. The van der Waals surface area contributed by atoms with Gasteiger partial charge in [0.2, 0.25) is 0 Å². The number of aromatic nitrogens is 1. The Morgan fingerprint density at radius 1 is 1.04 bits per heavy atom. The van der Waals surface area contributed by atoms with Gasteiger partial charge in [0.25, 0.3) is 0 Å². The summed E-state index contributed by atoms with van der Waals surface area (Å²) in [5.74, 6) is 0. The summed E-state index contributed by atoms with van der Waals surface area (Å²) in [7, 11) is 0. The van der Waals surface area contributed by atoms with Crippen LogP contribution in [0.3, 0.4) is 0 Å². The van der Waals surface area contributed by atoms with Crippen molar-refractivity contribution >= 4 is 5.69 Å². The highest BCUT2D eigenvalue weighted by Crippen LogP contribution is 2.26. The number of rotatable bonds is 3. The summed E-state index contributed by atoms with van der Waals surface area (Å²) in [6.45, 7) is 6.06. The SMILES string of the molecule is Cc1cccc(CN2CCNc3cnc(-c4ccccc4)cc3C2)c1. The first-order chi connectivity index (χ1) is 12.3. The standard InChI is InChI=1S/C22H23N3/c1-17-6-5-7-18(12-17)15-25-11-10-23-22-14-24-21(13-20(22)16-25)19-8-3-2-4-9-19/h2-9,12-14,23H,10-11,15-16H2,1H3. The van der Waals surface area contributed by atoms with Gasteiger partial charge in [-0.1, -0.05) is 60.2 Å². The van der Waals surface area contributed by atoms with Gasteiger partial charge in [0.1, 0.15) is 0 Å². The summed E-state index contributed by atoms with van der Waals surface area (Å²) < 4.78 is 0. The van der Waals surface area contributed by atoms with E-state index in [-0.39, 0.29) is 0 Å². The largest absolute Gasteiger partial charge is 0.382 e. The zero-order valence-corrected chi connectivity index (χ0v) is 14.6. The molecule has 3 nitrogen and oxygen atoms in total. The first-order valence-corrected chi connectivity index (χ1v) is 8.84. The lowest BCUT2D eigenvalue weighted by atomic mass is 10.1. The van der Waals surface area contributed by atoms with Gasteiger partial charge in [0.05, 0.1) is 17.6 Å². The zero-order chi connectivity index (χ0) is 17.1. The van der Waals surface area contributed by atoms with E-state index in [1.165, 1.54) is 22.3 Å². The smallest absolute Gasteiger partial charge is 0.0706 e. The minimum absolute atomic E-state index is 0.943. The van der Waals surface area contributed by atoms with E-state index < -0.39 is 0 Å². The Labute approximate surface area is 149 Å². The Morgan fingerprint density at radius 2 is 1.92 bits per heavy atom. The molecule has 25 heavy (non-hydrogen) atoms. The number of hydrogen-bond donors (Lipinski definition) is 1. The predicted molar refractivity (Wildman–Crippen MR) is 103 cm³/mol. The van der Waals surface area contributed by atoms with E-state index in [9.17, 15) is 0 Å². The van der Waals surface area contributed by atoms with Crippen molar-refractivity contribution in [3.05, 3.63) is 83.6 Å². The molecule has 0 aliphatic carbocycles. The second-order valence-corrected chi connectivity index (χ2v) is 6.72. The van der Waals surface area contributed by atoms with Gasteiger partial charge in [-0.15, -0.1) is 0 Å². The van der Waals surface area contributed by atoms with Crippen molar-refractivity contribution in [2.75, 3.05) is 18.4 Å². The van der Waals surface area contributed by atoms with E-state index in [4.69, 9.17) is 0 Å². The van der Waals surface area contributed by atoms with Crippen molar-refractivity contribution in [2.24, 2.45) is 0 Å². The Balaban J connectivity index is 1.58. The summed E-state index contributed by atoms with van der Waals surface area (Å²) in [5, 5.41) is 3.53. The molecule has 0 bridgehead atoms. The molecule has 0 atom stereocenters. The molecule has 1 aromatic heterocycles. The number of benzene rings is 2. The number of nitrogens with one attached hydrogen (secondary N) is 1. The van der Waals surface area contributed by atoms with E-state index in [1.807, 2.05) is 12.3 Å². The lowest BCUT2D eigenvalue weighted by Gasteiger charge is -2.20. The fourth-order valence-electron chi connectivity index (χ4n) is 3.43. The molecule has 3 heteroatoms. The molecular formula is C22H23N3. The molecule has 0 spiro atoms. The van der Waals surface area contributed by atoms with Gasteiger partial charge in [-0.05, 0) is 24.1 Å². The van der Waals surface area contributed by atoms with Gasteiger partial charge in [-0.3, -0.25) is 9.88 Å². The van der Waals surface area contributed by atoms with E-state index in [0.29, 0.717) is 0 Å². The number of pyridine rings is 1. The number of anilines is 1. The maximum absolute atomic E-state index is 4.64. The molecule has 2 aromatic carbocycles. The van der Waals surface area contributed by atoms with Crippen molar-refractivity contribution in [3.8, 4) is 11.3 Å². The highest BCUT2D eigenvalue weighted by Gasteiger charge is 2.15. The Morgan fingerprint density at radius 3 is 2.76 bits per heavy atom. The molecule has 126 valence electrons. The topological polar surface area (TPSA) is 28.2 Å². The van der Waals surface area contributed by atoms with Crippen molar-refractivity contribution in [1.82, 2.24) is 9.88 Å². The van der Waals surface area contributed by atoms with Gasteiger partial charge in [-0.25, -0.2) is 0 Å². The normalized spacial score (nSPS) is 14.4. The fourth-order valence-corrected chi connectivity index (χ4v) is 3.43. The molecular weight excluding hydrogens is 306 g/mol. The first kappa shape index (κ1) is 15.9. The molecule has 0 saturated heterocycles. The minimum Gasteiger partial charge on any atom is -0.382 e. The third kappa shape index (κ3) is 3.72. The Bertz CT molecular complexity index is 858. The number of fused-ring (bicyclic) bond motifs is 1. The van der Waals surface area contributed by atoms with Crippen LogP contribution in [0.15, 0.2) is 66.9 Å². The Kier molecular flexibility index (Phi) is 4.49. The molecule has 0 unspecified atom stereocenters. The lowest BCUT2D eigenvalue weighted by molar-refractivity contribution is 0.272. The van der Waals surface area contributed by atoms with Crippen LogP contribution in [-0.2, 0) is 13.1 Å². The second kappa shape index (κ2) is 7.08. The summed E-state index contributed by atoms with van der Waals surface area (Å²) >= 11 is 0. The van der Waals surface area contributed by atoms with Crippen LogP contribution in [0.2, 0.25) is 0 Å². The molecule has 4 rings (SSSR count). The van der Waals surface area contributed by atoms with E-state index in [1.54, 1.807) is 0 Å². The van der Waals surface area contributed by atoms with Gasteiger partial charge < -0.3 is 5.32 Å². The number of hydrogen-bond acceptors (Lipinski definition) is 3. The monoisotopic (exact) mass is 329 g/mol. The number of nitrogens with zero attached hydrogens (tertiary/aromatic N) is 2. The molecule has 3 aromatic rings. The minimum atomic E-state index is 0.943. The van der Waals surface area contributed by atoms with Crippen LogP contribution in [0.4, 0.5) is 5.69 Å². The van der Waals surface area contributed by atoms with Gasteiger partial charge in [-0.2, -0.15) is 0 Å². The van der Waals surface area contributed by atoms with Crippen LogP contribution in [0.25, 0.3) is 11.3 Å². The van der Waals surface area contributed by atoms with Crippen LogP contribution in [0, 0.1) is 6.92 Å². The van der Waals surface area contributed by atoms with Gasteiger partial charge >= 0.3 is 0 Å². The molecule has 1 aliphatic heterocycles. The summed E-state index contributed by atoms with van der Waals surface area (Å²) in [6.07, 6.45) is 1.98. The fraction of sp³-hybridized carbons (Fsp3) is 0.227. The quantitative estimate of drug-likeness (QED) is 0.767. The molecule has 0 fully saturated rings. The van der Waals surface area contributed by atoms with Crippen LogP contribution in [-0.4, -0.2) is 23.0 Å². The van der Waals surface area contributed by atoms with Gasteiger partial charge in [0.15, 0.2) is 0 Å². The third-order valence-electron chi connectivity index (χ3n) is 4.69. The van der Waals surface area contributed by atoms with Crippen molar-refractivity contribution in [1.29, 1.82) is 0 Å². The first-order valence-electron chi connectivity index (χ1n) is 8.84. The predicted octanol–water partition coefficient (Wildman–Crippen LogP) is 4.48. The summed E-state index contributed by atoms with van der Waals surface area (Å²) in [5.41, 5.74) is 7.38. The average molecular weight is 329 g/mol. The average Bonchev–Trinajstić information content (AvgIpc) is 2.83. The zero-order valence-electron chi connectivity index (χ0n) is 14.6. The van der Waals surface area contributed by atoms with Gasteiger partial charge in [0, 0.05) is 31.7 Å². The van der Waals surface area contributed by atoms with E-state index in [2.05, 4.69) is 76.7 Å². The highest BCUT2D eigenvalue weighted by atomic mass is 15.2. The molecule has 2 heterocycles. The van der Waals surface area contributed by atoms with Crippen LogP contribution in [0.1, 0.15) is 16.7 Å².